The summed E-state index contributed by atoms with van der Waals surface area (Å²) in [5, 5.41) is 6.68. The molecule has 8 heteroatoms. The minimum atomic E-state index is 0.607. The summed E-state index contributed by atoms with van der Waals surface area (Å²) >= 11 is 0. The van der Waals surface area contributed by atoms with Gasteiger partial charge in [-0.2, -0.15) is 0 Å². The molecule has 1 aromatic carbocycles. The lowest BCUT2D eigenvalue weighted by atomic mass is 10.3. The summed E-state index contributed by atoms with van der Waals surface area (Å²) in [5.41, 5.74) is 0.897. The summed E-state index contributed by atoms with van der Waals surface area (Å²) < 4.78 is 27.6. The summed E-state index contributed by atoms with van der Waals surface area (Å²) in [6.07, 6.45) is 3.94. The van der Waals surface area contributed by atoms with Crippen molar-refractivity contribution in [1.82, 2.24) is 5.32 Å². The van der Waals surface area contributed by atoms with Crippen molar-refractivity contribution >= 4 is 11.6 Å². The first-order valence-corrected chi connectivity index (χ1v) is 10.9. The van der Waals surface area contributed by atoms with Gasteiger partial charge in [0.05, 0.1) is 33.0 Å². The second kappa shape index (κ2) is 15.8. The molecule has 8 nitrogen and oxygen atoms in total. The van der Waals surface area contributed by atoms with Crippen molar-refractivity contribution in [3.05, 3.63) is 18.2 Å². The maximum absolute atomic E-state index is 5.78. The summed E-state index contributed by atoms with van der Waals surface area (Å²) in [5.74, 6) is 2.24. The molecule has 0 radical (unpaired) electrons. The summed E-state index contributed by atoms with van der Waals surface area (Å²) in [4.78, 5) is 4.66. The molecule has 170 valence electrons. The van der Waals surface area contributed by atoms with Crippen LogP contribution in [0.25, 0.3) is 0 Å². The summed E-state index contributed by atoms with van der Waals surface area (Å²) in [7, 11) is 1.67. The van der Waals surface area contributed by atoms with Gasteiger partial charge in [0.1, 0.15) is 0 Å². The zero-order chi connectivity index (χ0) is 21.3. The molecule has 0 bridgehead atoms. The number of rotatable bonds is 14. The van der Waals surface area contributed by atoms with Crippen LogP contribution in [-0.4, -0.2) is 72.4 Å². The Morgan fingerprint density at radius 1 is 1.00 bits per heavy atom. The highest BCUT2D eigenvalue weighted by molar-refractivity contribution is 5.93. The monoisotopic (exact) mass is 423 g/mol. The fourth-order valence-electron chi connectivity index (χ4n) is 2.71. The third-order valence-electron chi connectivity index (χ3n) is 4.34. The number of anilines is 1. The predicted molar refractivity (Wildman–Crippen MR) is 119 cm³/mol. The molecular weight excluding hydrogens is 386 g/mol. The molecule has 1 heterocycles. The van der Waals surface area contributed by atoms with Crippen LogP contribution in [0.1, 0.15) is 32.6 Å². The zero-order valence-corrected chi connectivity index (χ0v) is 18.4. The lowest BCUT2D eigenvalue weighted by Crippen LogP contribution is -2.33. The van der Waals surface area contributed by atoms with Crippen molar-refractivity contribution in [2.75, 3.05) is 71.8 Å². The van der Waals surface area contributed by atoms with Crippen LogP contribution in [0, 0.1) is 0 Å². The van der Waals surface area contributed by atoms with Crippen molar-refractivity contribution in [3.63, 3.8) is 0 Å². The van der Waals surface area contributed by atoms with Crippen LogP contribution in [0.2, 0.25) is 0 Å². The number of unbranched alkanes of at least 4 members (excludes halogenated alkanes) is 1. The van der Waals surface area contributed by atoms with E-state index in [1.54, 1.807) is 7.11 Å². The number of nitrogens with one attached hydrogen (secondary N) is 2. The van der Waals surface area contributed by atoms with Crippen molar-refractivity contribution in [2.24, 2.45) is 4.99 Å². The Bertz CT molecular complexity index is 612. The van der Waals surface area contributed by atoms with E-state index in [-0.39, 0.29) is 0 Å². The third kappa shape index (κ3) is 10.1. The number of nitrogens with zero attached hydrogens (tertiary/aromatic N) is 1. The highest BCUT2D eigenvalue weighted by atomic mass is 16.5. The van der Waals surface area contributed by atoms with Crippen LogP contribution in [0.4, 0.5) is 5.69 Å². The predicted octanol–water partition coefficient (Wildman–Crippen LogP) is 3.08. The Morgan fingerprint density at radius 2 is 1.80 bits per heavy atom. The van der Waals surface area contributed by atoms with Crippen LogP contribution in [0.3, 0.4) is 0 Å². The van der Waals surface area contributed by atoms with Gasteiger partial charge in [0, 0.05) is 51.6 Å². The quantitative estimate of drug-likeness (QED) is 0.270. The van der Waals surface area contributed by atoms with Gasteiger partial charge < -0.3 is 34.3 Å². The molecule has 0 aliphatic carbocycles. The molecule has 0 saturated carbocycles. The van der Waals surface area contributed by atoms with Gasteiger partial charge in [-0.25, -0.2) is 0 Å². The standard InChI is InChI=1S/C22H37N3O5/c1-3-4-11-27-15-10-24-22(23-9-5-12-28-17-16-26-2)25-19-7-8-20-21(18-19)30-14-6-13-29-20/h7-8,18H,3-6,9-17H2,1-2H3,(H2,23,24,25). The molecule has 0 aromatic heterocycles. The normalized spacial score (nSPS) is 13.7. The minimum Gasteiger partial charge on any atom is -0.490 e. The van der Waals surface area contributed by atoms with Gasteiger partial charge in [-0.15, -0.1) is 0 Å². The van der Waals surface area contributed by atoms with Crippen molar-refractivity contribution in [3.8, 4) is 11.5 Å². The van der Waals surface area contributed by atoms with Crippen molar-refractivity contribution in [2.45, 2.75) is 32.6 Å². The molecular formula is C22H37N3O5. The van der Waals surface area contributed by atoms with E-state index in [0.717, 1.165) is 49.5 Å². The number of guanidine groups is 1. The molecule has 1 aliphatic heterocycles. The lowest BCUT2D eigenvalue weighted by molar-refractivity contribution is 0.0702. The number of fused-ring (bicyclic) bond motifs is 1. The number of methoxy groups -OCH3 is 1. The maximum Gasteiger partial charge on any atom is 0.195 e. The topological polar surface area (TPSA) is 82.6 Å². The van der Waals surface area contributed by atoms with Crippen LogP contribution < -0.4 is 20.1 Å². The SMILES string of the molecule is CCCCOCCNC(=NCCCOCCOC)Nc1ccc2c(c1)OCCCO2. The minimum absolute atomic E-state index is 0.607. The summed E-state index contributed by atoms with van der Waals surface area (Å²) in [6, 6.07) is 5.85. The molecule has 1 aliphatic rings. The maximum atomic E-state index is 5.78. The molecule has 2 N–H and O–H groups in total. The molecule has 30 heavy (non-hydrogen) atoms. The van der Waals surface area contributed by atoms with Gasteiger partial charge in [-0.3, -0.25) is 4.99 Å². The van der Waals surface area contributed by atoms with E-state index in [4.69, 9.17) is 23.7 Å². The summed E-state index contributed by atoms with van der Waals surface area (Å²) in [6.45, 7) is 8.14. The number of benzene rings is 1. The number of hydrogen-bond acceptors (Lipinski definition) is 6. The van der Waals surface area contributed by atoms with E-state index >= 15 is 0 Å². The number of hydrogen-bond donors (Lipinski definition) is 2. The largest absolute Gasteiger partial charge is 0.490 e. The van der Waals surface area contributed by atoms with Crippen LogP contribution in [-0.2, 0) is 14.2 Å². The Morgan fingerprint density at radius 3 is 2.63 bits per heavy atom. The van der Waals surface area contributed by atoms with Crippen LogP contribution >= 0.6 is 0 Å². The van der Waals surface area contributed by atoms with Crippen LogP contribution in [0.5, 0.6) is 11.5 Å². The first-order chi connectivity index (χ1) is 14.8. The average molecular weight is 424 g/mol. The molecule has 1 aromatic rings. The Hall–Kier alpha value is -2.03. The molecule has 0 atom stereocenters. The fourth-order valence-corrected chi connectivity index (χ4v) is 2.71. The number of aliphatic imine (C=N–C) groups is 1. The van der Waals surface area contributed by atoms with E-state index in [1.165, 1.54) is 0 Å². The van der Waals surface area contributed by atoms with Crippen molar-refractivity contribution in [1.29, 1.82) is 0 Å². The molecule has 0 spiro atoms. The van der Waals surface area contributed by atoms with Gasteiger partial charge in [0.25, 0.3) is 0 Å². The molecule has 2 rings (SSSR count). The number of ether oxygens (including phenoxy) is 5. The van der Waals surface area contributed by atoms with E-state index < -0.39 is 0 Å². The lowest BCUT2D eigenvalue weighted by Gasteiger charge is -2.15. The Kier molecular flexibility index (Phi) is 12.7. The fraction of sp³-hybridized carbons (Fsp3) is 0.682. The third-order valence-corrected chi connectivity index (χ3v) is 4.34. The first kappa shape index (κ1) is 24.2. The van der Waals surface area contributed by atoms with Gasteiger partial charge in [-0.1, -0.05) is 13.3 Å². The average Bonchev–Trinajstić information content (AvgIpc) is 3.00. The molecule has 0 unspecified atom stereocenters. The first-order valence-electron chi connectivity index (χ1n) is 10.9. The van der Waals surface area contributed by atoms with Gasteiger partial charge in [0.15, 0.2) is 17.5 Å². The molecule has 0 amide bonds. The van der Waals surface area contributed by atoms with Crippen molar-refractivity contribution < 1.29 is 23.7 Å². The molecule has 0 saturated heterocycles. The molecule has 0 fully saturated rings. The van der Waals surface area contributed by atoms with E-state index in [0.29, 0.717) is 58.7 Å². The second-order valence-electron chi connectivity index (χ2n) is 6.92. The van der Waals surface area contributed by atoms with Gasteiger partial charge in [-0.05, 0) is 25.0 Å². The zero-order valence-electron chi connectivity index (χ0n) is 18.4. The Labute approximate surface area is 180 Å². The Balaban J connectivity index is 1.86. The second-order valence-corrected chi connectivity index (χ2v) is 6.92. The highest BCUT2D eigenvalue weighted by Gasteiger charge is 2.11. The van der Waals surface area contributed by atoms with E-state index in [2.05, 4.69) is 22.5 Å². The highest BCUT2D eigenvalue weighted by Crippen LogP contribution is 2.32. The van der Waals surface area contributed by atoms with Gasteiger partial charge in [0.2, 0.25) is 0 Å². The smallest absolute Gasteiger partial charge is 0.195 e. The van der Waals surface area contributed by atoms with E-state index in [1.807, 2.05) is 18.2 Å². The van der Waals surface area contributed by atoms with Gasteiger partial charge >= 0.3 is 0 Å². The van der Waals surface area contributed by atoms with E-state index in [9.17, 15) is 0 Å². The van der Waals surface area contributed by atoms with Crippen LogP contribution in [0.15, 0.2) is 23.2 Å².